The summed E-state index contributed by atoms with van der Waals surface area (Å²) in [5, 5.41) is 20.5. The van der Waals surface area contributed by atoms with Gasteiger partial charge in [-0.3, -0.25) is 15.9 Å². The average Bonchev–Trinajstić information content (AvgIpc) is 2.62. The average molecular weight is 367 g/mol. The Bertz CT molecular complexity index is 852. The summed E-state index contributed by atoms with van der Waals surface area (Å²) in [4.78, 5) is 18.1. The minimum Gasteiger partial charge on any atom is -0.508 e. The smallest absolute Gasteiger partial charge is 0.253 e. The van der Waals surface area contributed by atoms with E-state index in [2.05, 4.69) is 10.2 Å². The van der Waals surface area contributed by atoms with Crippen LogP contribution in [0.4, 0.5) is 5.69 Å². The van der Waals surface area contributed by atoms with Crippen molar-refractivity contribution in [1.29, 1.82) is 0 Å². The van der Waals surface area contributed by atoms with Crippen LogP contribution < -0.4 is 16.0 Å². The lowest BCUT2D eigenvalue weighted by Gasteiger charge is -2.12. The summed E-state index contributed by atoms with van der Waals surface area (Å²) in [5.74, 6) is 4.48. The van der Waals surface area contributed by atoms with Gasteiger partial charge < -0.3 is 10.4 Å². The molecule has 2 aromatic carbocycles. The second-order valence-corrected chi connectivity index (χ2v) is 6.65. The van der Waals surface area contributed by atoms with Gasteiger partial charge in [0.15, 0.2) is 5.78 Å². The number of nitrogens with two attached hydrogens (primary N) is 1. The number of hydrogen-bond acceptors (Lipinski definition) is 8. The number of phenolic OH excluding ortho intramolecular Hbond substituents is 1. The summed E-state index contributed by atoms with van der Waals surface area (Å²) in [6, 6.07) is 9.46. The number of carbonyl (C=O) groups excluding carboxylic acids is 1. The van der Waals surface area contributed by atoms with Crippen LogP contribution in [0.2, 0.25) is 0 Å². The molecule has 0 amide bonds. The molecule has 0 heterocycles. The predicted molar refractivity (Wildman–Crippen MR) is 89.6 cm³/mol. The molecule has 10 heteroatoms. The third-order valence-corrected chi connectivity index (χ3v) is 4.57. The van der Waals surface area contributed by atoms with Gasteiger partial charge >= 0.3 is 0 Å². The second kappa shape index (κ2) is 8.05. The summed E-state index contributed by atoms with van der Waals surface area (Å²) < 4.78 is 24.2. The van der Waals surface area contributed by atoms with Crippen LogP contribution in [-0.2, 0) is 14.9 Å². The highest BCUT2D eigenvalue weighted by atomic mass is 32.2. The van der Waals surface area contributed by atoms with Crippen LogP contribution in [0, 0.1) is 0 Å². The maximum atomic E-state index is 12.7. The quantitative estimate of drug-likeness (QED) is 0.150. The molecule has 2 rings (SSSR count). The second-order valence-electron chi connectivity index (χ2n) is 4.97. The van der Waals surface area contributed by atoms with Crippen molar-refractivity contribution < 1.29 is 28.5 Å². The molecule has 0 atom stereocenters. The van der Waals surface area contributed by atoms with Gasteiger partial charge in [-0.2, -0.15) is 4.83 Å². The van der Waals surface area contributed by atoms with E-state index in [1.54, 1.807) is 4.83 Å². The number of hydrogen-bond donors (Lipinski definition) is 5. The first kappa shape index (κ1) is 18.8. The molecular formula is C15H17N3O6S. The van der Waals surface area contributed by atoms with E-state index in [9.17, 15) is 18.3 Å². The molecule has 0 saturated carbocycles. The number of nitrogens with one attached hydrogen (secondary N) is 2. The van der Waals surface area contributed by atoms with Gasteiger partial charge in [0.2, 0.25) is 0 Å². The molecule has 0 fully saturated rings. The standard InChI is InChI=1S/C15H17N3O6S/c16-18-25(22,23)14-6-3-11(17-7-8-24-21)9-13(14)15(20)10-1-4-12(19)5-2-10/h1-6,9,17-19,21H,7-8,16H2. The Hall–Kier alpha value is -2.50. The molecule has 0 unspecified atom stereocenters. The van der Waals surface area contributed by atoms with E-state index < -0.39 is 15.8 Å². The van der Waals surface area contributed by atoms with Crippen molar-refractivity contribution in [3.63, 3.8) is 0 Å². The first-order valence-corrected chi connectivity index (χ1v) is 8.58. The zero-order valence-electron chi connectivity index (χ0n) is 13.0. The van der Waals surface area contributed by atoms with Crippen LogP contribution in [0.25, 0.3) is 0 Å². The zero-order valence-corrected chi connectivity index (χ0v) is 13.8. The number of phenols is 1. The minimum atomic E-state index is -4.07. The normalized spacial score (nSPS) is 11.3. The highest BCUT2D eigenvalue weighted by Gasteiger charge is 2.23. The summed E-state index contributed by atoms with van der Waals surface area (Å²) >= 11 is 0. The van der Waals surface area contributed by atoms with Crippen LogP contribution in [0.3, 0.4) is 0 Å². The van der Waals surface area contributed by atoms with Crippen molar-refractivity contribution in [3.05, 3.63) is 53.6 Å². The van der Waals surface area contributed by atoms with E-state index in [0.29, 0.717) is 5.69 Å². The molecule has 0 bridgehead atoms. The van der Waals surface area contributed by atoms with E-state index in [0.717, 1.165) is 0 Å². The Labute approximate surface area is 144 Å². The molecule has 0 aliphatic carbocycles. The molecule has 0 saturated heterocycles. The maximum absolute atomic E-state index is 12.7. The number of benzene rings is 2. The Morgan fingerprint density at radius 3 is 2.44 bits per heavy atom. The minimum absolute atomic E-state index is 0.00560. The Morgan fingerprint density at radius 1 is 1.16 bits per heavy atom. The first-order chi connectivity index (χ1) is 11.9. The number of ketones is 1. The van der Waals surface area contributed by atoms with E-state index in [1.807, 2.05) is 0 Å². The number of sulfonamides is 1. The lowest BCUT2D eigenvalue weighted by atomic mass is 10.0. The third-order valence-electron chi connectivity index (χ3n) is 3.32. The fourth-order valence-electron chi connectivity index (χ4n) is 2.12. The van der Waals surface area contributed by atoms with E-state index in [4.69, 9.17) is 11.1 Å². The molecule has 2 aromatic rings. The largest absolute Gasteiger partial charge is 0.508 e. The van der Waals surface area contributed by atoms with Crippen LogP contribution in [0.15, 0.2) is 47.4 Å². The Balaban J connectivity index is 2.48. The van der Waals surface area contributed by atoms with Gasteiger partial charge in [-0.05, 0) is 42.5 Å². The predicted octanol–water partition coefficient (Wildman–Crippen LogP) is 0.677. The molecule has 0 aliphatic heterocycles. The number of anilines is 1. The molecule has 134 valence electrons. The van der Waals surface area contributed by atoms with Crippen molar-refractivity contribution in [2.24, 2.45) is 5.84 Å². The maximum Gasteiger partial charge on any atom is 0.253 e. The Morgan fingerprint density at radius 2 is 1.84 bits per heavy atom. The molecule has 25 heavy (non-hydrogen) atoms. The van der Waals surface area contributed by atoms with Gasteiger partial charge in [0.25, 0.3) is 10.0 Å². The molecule has 0 aromatic heterocycles. The lowest BCUT2D eigenvalue weighted by molar-refractivity contribution is -0.238. The van der Waals surface area contributed by atoms with Crippen molar-refractivity contribution in [3.8, 4) is 5.75 Å². The fraction of sp³-hybridized carbons (Fsp3) is 0.133. The van der Waals surface area contributed by atoms with Gasteiger partial charge in [-0.25, -0.2) is 13.3 Å². The molecule has 0 spiro atoms. The SMILES string of the molecule is NNS(=O)(=O)c1ccc(NCCOO)cc1C(=O)c1ccc(O)cc1. The van der Waals surface area contributed by atoms with Gasteiger partial charge in [0.1, 0.15) is 5.75 Å². The van der Waals surface area contributed by atoms with E-state index >= 15 is 0 Å². The third kappa shape index (κ3) is 4.53. The van der Waals surface area contributed by atoms with Crippen LogP contribution >= 0.6 is 0 Å². The van der Waals surface area contributed by atoms with Crippen molar-refractivity contribution in [2.75, 3.05) is 18.5 Å². The summed E-state index contributed by atoms with van der Waals surface area (Å²) in [6.45, 7) is 0.246. The molecular weight excluding hydrogens is 350 g/mol. The molecule has 0 radical (unpaired) electrons. The van der Waals surface area contributed by atoms with Gasteiger partial charge in [-0.15, -0.1) is 0 Å². The van der Waals surface area contributed by atoms with E-state index in [-0.39, 0.29) is 34.9 Å². The highest BCUT2D eigenvalue weighted by Crippen LogP contribution is 2.24. The van der Waals surface area contributed by atoms with Crippen LogP contribution in [0.1, 0.15) is 15.9 Å². The number of aromatic hydroxyl groups is 1. The summed E-state index contributed by atoms with van der Waals surface area (Å²) in [5.41, 5.74) is 0.552. The van der Waals surface area contributed by atoms with Crippen molar-refractivity contribution in [1.82, 2.24) is 4.83 Å². The zero-order chi connectivity index (χ0) is 18.4. The molecule has 9 nitrogen and oxygen atoms in total. The number of hydrazine groups is 1. The van der Waals surface area contributed by atoms with Gasteiger partial charge in [0, 0.05) is 23.4 Å². The number of carbonyl (C=O) groups is 1. The first-order valence-electron chi connectivity index (χ1n) is 7.09. The topological polar surface area (TPSA) is 151 Å². The molecule has 0 aliphatic rings. The number of rotatable bonds is 8. The summed E-state index contributed by atoms with van der Waals surface area (Å²) in [6.07, 6.45) is 0. The highest BCUT2D eigenvalue weighted by molar-refractivity contribution is 7.89. The monoisotopic (exact) mass is 367 g/mol. The van der Waals surface area contributed by atoms with Crippen molar-refractivity contribution >= 4 is 21.5 Å². The van der Waals surface area contributed by atoms with Crippen LogP contribution in [-0.4, -0.2) is 37.7 Å². The summed E-state index contributed by atoms with van der Waals surface area (Å²) in [7, 11) is -4.07. The van der Waals surface area contributed by atoms with Gasteiger partial charge in [-0.1, -0.05) is 0 Å². The fourth-order valence-corrected chi connectivity index (χ4v) is 2.94. The lowest BCUT2D eigenvalue weighted by Crippen LogP contribution is -2.31. The van der Waals surface area contributed by atoms with E-state index in [1.165, 1.54) is 42.5 Å². The van der Waals surface area contributed by atoms with Crippen molar-refractivity contribution in [2.45, 2.75) is 4.90 Å². The Kier molecular flexibility index (Phi) is 6.07. The van der Waals surface area contributed by atoms with Gasteiger partial charge in [0.05, 0.1) is 11.5 Å². The van der Waals surface area contributed by atoms with Crippen LogP contribution in [0.5, 0.6) is 5.75 Å². The molecule has 6 N–H and O–H groups in total.